The maximum Gasteiger partial charge on any atom is 0.294 e. The lowest BCUT2D eigenvalue weighted by atomic mass is 10.2. The van der Waals surface area contributed by atoms with E-state index in [1.165, 1.54) is 0 Å². The van der Waals surface area contributed by atoms with Crippen LogP contribution in [0.4, 0.5) is 0 Å². The van der Waals surface area contributed by atoms with Gasteiger partial charge in [-0.1, -0.05) is 0 Å². The third-order valence-corrected chi connectivity index (χ3v) is 2.28. The first-order chi connectivity index (χ1) is 5.95. The monoisotopic (exact) mass is 202 g/mol. The molecule has 0 spiro atoms. The van der Waals surface area contributed by atoms with Crippen molar-refractivity contribution >= 4 is 16.4 Å². The number of rotatable bonds is 2. The zero-order chi connectivity index (χ0) is 10.1. The highest BCUT2D eigenvalue weighted by Crippen LogP contribution is 2.19. The highest BCUT2D eigenvalue weighted by Gasteiger charge is 2.11. The van der Waals surface area contributed by atoms with Gasteiger partial charge in [0.25, 0.3) is 10.1 Å². The highest BCUT2D eigenvalue weighted by atomic mass is 32.2. The van der Waals surface area contributed by atoms with Crippen molar-refractivity contribution in [2.24, 2.45) is 0 Å². The summed E-state index contributed by atoms with van der Waals surface area (Å²) in [4.78, 5) is 9.77. The van der Waals surface area contributed by atoms with Crippen molar-refractivity contribution in [3.05, 3.63) is 23.8 Å². The van der Waals surface area contributed by atoms with E-state index in [4.69, 9.17) is 9.66 Å². The van der Waals surface area contributed by atoms with E-state index in [-0.39, 0.29) is 5.56 Å². The van der Waals surface area contributed by atoms with Crippen molar-refractivity contribution in [3.8, 4) is 5.75 Å². The molecule has 0 fully saturated rings. The molecule has 0 aliphatic carbocycles. The van der Waals surface area contributed by atoms with Crippen LogP contribution in [-0.4, -0.2) is 24.4 Å². The molecule has 2 N–H and O–H groups in total. The van der Waals surface area contributed by atoms with Crippen LogP contribution < -0.4 is 0 Å². The quantitative estimate of drug-likeness (QED) is 0.536. The number of carbonyl (C=O) groups is 1. The Bertz CT molecular complexity index is 434. The van der Waals surface area contributed by atoms with Crippen LogP contribution in [0, 0.1) is 0 Å². The molecule has 1 rings (SSSR count). The van der Waals surface area contributed by atoms with Gasteiger partial charge in [0.15, 0.2) is 6.29 Å². The molecule has 0 unspecified atom stereocenters. The lowest BCUT2D eigenvalue weighted by Crippen LogP contribution is -1.98. The molecule has 0 heterocycles. The van der Waals surface area contributed by atoms with E-state index in [0.717, 1.165) is 18.2 Å². The summed E-state index contributed by atoms with van der Waals surface area (Å²) in [6, 6.07) is 2.93. The van der Waals surface area contributed by atoms with E-state index in [1.54, 1.807) is 0 Å². The van der Waals surface area contributed by atoms with Crippen molar-refractivity contribution in [2.75, 3.05) is 0 Å². The molecule has 0 atom stereocenters. The zero-order valence-electron chi connectivity index (χ0n) is 6.34. The molecule has 0 aliphatic heterocycles. The minimum atomic E-state index is -4.33. The first-order valence-corrected chi connectivity index (χ1v) is 4.65. The van der Waals surface area contributed by atoms with Gasteiger partial charge in [0.1, 0.15) is 5.75 Å². The van der Waals surface area contributed by atoms with Gasteiger partial charge in [0, 0.05) is 6.07 Å². The Morgan fingerprint density at radius 2 is 1.92 bits per heavy atom. The Labute approximate surface area is 74.4 Å². The number of hydrogen-bond acceptors (Lipinski definition) is 4. The summed E-state index contributed by atoms with van der Waals surface area (Å²) in [7, 11) is -4.33. The van der Waals surface area contributed by atoms with Crippen LogP contribution in [0.5, 0.6) is 5.75 Å². The van der Waals surface area contributed by atoms with Crippen LogP contribution in [-0.2, 0) is 10.1 Å². The molecule has 0 saturated heterocycles. The van der Waals surface area contributed by atoms with Gasteiger partial charge in [0.2, 0.25) is 0 Å². The largest absolute Gasteiger partial charge is 0.507 e. The summed E-state index contributed by atoms with van der Waals surface area (Å²) in [5.41, 5.74) is -0.0348. The van der Waals surface area contributed by atoms with E-state index in [2.05, 4.69) is 0 Å². The van der Waals surface area contributed by atoms with E-state index < -0.39 is 20.8 Å². The predicted octanol–water partition coefficient (Wildman–Crippen LogP) is 0.451. The van der Waals surface area contributed by atoms with Crippen LogP contribution in [0.1, 0.15) is 10.4 Å². The highest BCUT2D eigenvalue weighted by molar-refractivity contribution is 7.85. The molecule has 1 aromatic carbocycles. The summed E-state index contributed by atoms with van der Waals surface area (Å²) in [5, 5.41) is 9.05. The summed E-state index contributed by atoms with van der Waals surface area (Å²) in [5.74, 6) is -0.481. The predicted molar refractivity (Wildman–Crippen MR) is 43.3 cm³/mol. The van der Waals surface area contributed by atoms with Crippen molar-refractivity contribution in [1.82, 2.24) is 0 Å². The number of phenolic OH excluding ortho intramolecular Hbond substituents is 1. The molecule has 70 valence electrons. The average molecular weight is 202 g/mol. The Morgan fingerprint density at radius 1 is 1.31 bits per heavy atom. The van der Waals surface area contributed by atoms with Gasteiger partial charge >= 0.3 is 0 Å². The number of hydrogen-bond donors (Lipinski definition) is 2. The van der Waals surface area contributed by atoms with Crippen molar-refractivity contribution in [2.45, 2.75) is 4.90 Å². The Hall–Kier alpha value is -1.40. The second kappa shape index (κ2) is 3.15. The number of phenols is 1. The SMILES string of the molecule is O=Cc1ccc(S(=O)(=O)O)cc1O. The van der Waals surface area contributed by atoms with Gasteiger partial charge in [-0.05, 0) is 12.1 Å². The van der Waals surface area contributed by atoms with Crippen molar-refractivity contribution in [3.63, 3.8) is 0 Å². The van der Waals surface area contributed by atoms with E-state index in [1.807, 2.05) is 0 Å². The van der Waals surface area contributed by atoms with Gasteiger partial charge in [0.05, 0.1) is 10.5 Å². The van der Waals surface area contributed by atoms with Crippen LogP contribution >= 0.6 is 0 Å². The summed E-state index contributed by atoms with van der Waals surface area (Å²) in [6.07, 6.45) is 0.378. The number of aromatic hydroxyl groups is 1. The second-order valence-corrected chi connectivity index (χ2v) is 3.74. The Balaban J connectivity index is 3.34. The Kier molecular flexibility index (Phi) is 2.35. The lowest BCUT2D eigenvalue weighted by molar-refractivity contribution is 0.112. The maximum absolute atomic E-state index is 10.5. The summed E-state index contributed by atoms with van der Waals surface area (Å²) < 4.78 is 29.6. The third kappa shape index (κ3) is 2.04. The average Bonchev–Trinajstić information content (AvgIpc) is 2.02. The van der Waals surface area contributed by atoms with Gasteiger partial charge < -0.3 is 5.11 Å². The van der Waals surface area contributed by atoms with Gasteiger partial charge in [-0.15, -0.1) is 0 Å². The molecule has 0 aromatic heterocycles. The second-order valence-electron chi connectivity index (χ2n) is 2.31. The molecular formula is C7H6O5S. The maximum atomic E-state index is 10.5. The topological polar surface area (TPSA) is 91.7 Å². The van der Waals surface area contributed by atoms with Gasteiger partial charge in [-0.3, -0.25) is 9.35 Å². The number of benzene rings is 1. The molecule has 0 bridgehead atoms. The molecule has 6 heteroatoms. The molecule has 0 saturated carbocycles. The molecule has 0 radical (unpaired) electrons. The zero-order valence-corrected chi connectivity index (χ0v) is 7.15. The number of carbonyl (C=O) groups excluding carboxylic acids is 1. The fraction of sp³-hybridized carbons (Fsp3) is 0. The first-order valence-electron chi connectivity index (χ1n) is 3.21. The molecule has 0 aliphatic rings. The molecule has 5 nitrogen and oxygen atoms in total. The van der Waals surface area contributed by atoms with E-state index in [0.29, 0.717) is 6.29 Å². The van der Waals surface area contributed by atoms with Crippen LogP contribution in [0.15, 0.2) is 23.1 Å². The van der Waals surface area contributed by atoms with Gasteiger partial charge in [-0.25, -0.2) is 0 Å². The summed E-state index contributed by atoms with van der Waals surface area (Å²) in [6.45, 7) is 0. The normalized spacial score (nSPS) is 11.2. The fourth-order valence-corrected chi connectivity index (χ4v) is 1.28. The molecule has 1 aromatic rings. The van der Waals surface area contributed by atoms with E-state index in [9.17, 15) is 13.2 Å². The fourth-order valence-electron chi connectivity index (χ4n) is 0.784. The molecular weight excluding hydrogens is 196 g/mol. The number of aldehydes is 1. The third-order valence-electron chi connectivity index (χ3n) is 1.43. The van der Waals surface area contributed by atoms with Crippen molar-refractivity contribution < 1.29 is 22.9 Å². The molecule has 0 amide bonds. The standard InChI is InChI=1S/C7H6O5S/c8-4-5-1-2-6(3-7(5)9)13(10,11)12/h1-4,9H,(H,10,11,12). The van der Waals surface area contributed by atoms with Crippen LogP contribution in [0.3, 0.4) is 0 Å². The Morgan fingerprint density at radius 3 is 2.31 bits per heavy atom. The smallest absolute Gasteiger partial charge is 0.294 e. The van der Waals surface area contributed by atoms with Crippen LogP contribution in [0.25, 0.3) is 0 Å². The first kappa shape index (κ1) is 9.69. The summed E-state index contributed by atoms with van der Waals surface area (Å²) >= 11 is 0. The lowest BCUT2D eigenvalue weighted by Gasteiger charge is -1.99. The van der Waals surface area contributed by atoms with Crippen molar-refractivity contribution in [1.29, 1.82) is 0 Å². The minimum Gasteiger partial charge on any atom is -0.507 e. The molecule has 13 heavy (non-hydrogen) atoms. The van der Waals surface area contributed by atoms with E-state index >= 15 is 0 Å². The minimum absolute atomic E-state index is 0.0348. The van der Waals surface area contributed by atoms with Gasteiger partial charge in [-0.2, -0.15) is 8.42 Å². The van der Waals surface area contributed by atoms with Crippen LogP contribution in [0.2, 0.25) is 0 Å².